The van der Waals surface area contributed by atoms with Crippen molar-refractivity contribution < 1.29 is 14.7 Å². The van der Waals surface area contributed by atoms with Crippen LogP contribution in [0.15, 0.2) is 30.6 Å². The second-order valence-electron chi connectivity index (χ2n) is 5.71. The molecule has 1 N–H and O–H groups in total. The lowest BCUT2D eigenvalue weighted by atomic mass is 9.93. The molecule has 0 saturated carbocycles. The second kappa shape index (κ2) is 6.24. The van der Waals surface area contributed by atoms with Crippen LogP contribution >= 0.6 is 0 Å². The summed E-state index contributed by atoms with van der Waals surface area (Å²) in [6, 6.07) is 6.26. The number of carboxylic acid groups (broad SMARTS) is 1. The summed E-state index contributed by atoms with van der Waals surface area (Å²) >= 11 is 0. The van der Waals surface area contributed by atoms with Gasteiger partial charge < -0.3 is 10.0 Å². The quantitative estimate of drug-likeness (QED) is 0.932. The van der Waals surface area contributed by atoms with Gasteiger partial charge in [-0.2, -0.15) is 5.10 Å². The number of nitrogens with zero attached hydrogens (tertiary/aromatic N) is 3. The summed E-state index contributed by atoms with van der Waals surface area (Å²) in [4.78, 5) is 25.1. The maximum Gasteiger partial charge on any atom is 0.338 e. The maximum absolute atomic E-state index is 12.4. The highest BCUT2D eigenvalue weighted by atomic mass is 16.4. The monoisotopic (exact) mass is 313 g/mol. The summed E-state index contributed by atoms with van der Waals surface area (Å²) < 4.78 is 1.38. The number of carboxylic acids is 1. The molecule has 1 aliphatic rings. The summed E-state index contributed by atoms with van der Waals surface area (Å²) in [6.07, 6.45) is 4.51. The number of aromatic carboxylic acids is 1. The highest BCUT2D eigenvalue weighted by Gasteiger charge is 2.22. The molecule has 1 aromatic heterocycles. The number of fused-ring (bicyclic) bond motifs is 1. The fraction of sp³-hybridized carbons (Fsp3) is 0.353. The normalized spacial score (nSPS) is 13.7. The third-order valence-electron chi connectivity index (χ3n) is 4.27. The van der Waals surface area contributed by atoms with Crippen LogP contribution in [0.4, 0.5) is 0 Å². The Kier molecular flexibility index (Phi) is 4.14. The Morgan fingerprint density at radius 1 is 1.35 bits per heavy atom. The van der Waals surface area contributed by atoms with Gasteiger partial charge in [-0.25, -0.2) is 4.79 Å². The van der Waals surface area contributed by atoms with Gasteiger partial charge in [0.1, 0.15) is 6.54 Å². The molecule has 1 aromatic carbocycles. The molecular weight excluding hydrogens is 294 g/mol. The highest BCUT2D eigenvalue weighted by Crippen LogP contribution is 2.23. The lowest BCUT2D eigenvalue weighted by Gasteiger charge is -2.30. The Hall–Kier alpha value is -2.63. The lowest BCUT2D eigenvalue weighted by Crippen LogP contribution is -2.38. The summed E-state index contributed by atoms with van der Waals surface area (Å²) in [5, 5.41) is 12.8. The number of hydrogen-bond donors (Lipinski definition) is 1. The van der Waals surface area contributed by atoms with E-state index < -0.39 is 5.97 Å². The van der Waals surface area contributed by atoms with Crippen LogP contribution in [-0.4, -0.2) is 38.2 Å². The standard InChI is InChI=1S/C17H19N3O3/c1-2-12-4-3-5-13-9-19(7-6-15(12)13)16(21)11-20-10-14(8-18-20)17(22)23/h3-5,8,10H,2,6-7,9,11H2,1H3,(H,22,23). The Morgan fingerprint density at radius 2 is 2.17 bits per heavy atom. The van der Waals surface area contributed by atoms with Gasteiger partial charge >= 0.3 is 5.97 Å². The zero-order valence-electron chi connectivity index (χ0n) is 13.0. The molecule has 0 radical (unpaired) electrons. The molecule has 6 heteroatoms. The molecule has 0 fully saturated rings. The first-order chi connectivity index (χ1) is 11.1. The number of aryl methyl sites for hydroxylation is 1. The lowest BCUT2D eigenvalue weighted by molar-refractivity contribution is -0.133. The van der Waals surface area contributed by atoms with E-state index in [9.17, 15) is 9.59 Å². The van der Waals surface area contributed by atoms with Crippen molar-refractivity contribution in [2.75, 3.05) is 6.54 Å². The maximum atomic E-state index is 12.4. The Balaban J connectivity index is 1.70. The number of carbonyl (C=O) groups is 2. The first-order valence-corrected chi connectivity index (χ1v) is 7.71. The molecule has 3 rings (SSSR count). The molecule has 0 bridgehead atoms. The smallest absolute Gasteiger partial charge is 0.338 e. The Bertz CT molecular complexity index is 751. The van der Waals surface area contributed by atoms with Gasteiger partial charge in [-0.3, -0.25) is 9.48 Å². The highest BCUT2D eigenvalue weighted by molar-refractivity contribution is 5.87. The van der Waals surface area contributed by atoms with Crippen molar-refractivity contribution in [3.05, 3.63) is 52.8 Å². The van der Waals surface area contributed by atoms with Crippen LogP contribution in [0.3, 0.4) is 0 Å². The number of aromatic nitrogens is 2. The van der Waals surface area contributed by atoms with E-state index >= 15 is 0 Å². The van der Waals surface area contributed by atoms with Crippen LogP contribution in [0.5, 0.6) is 0 Å². The predicted molar refractivity (Wildman–Crippen MR) is 84.1 cm³/mol. The predicted octanol–water partition coefficient (Wildman–Crippen LogP) is 1.73. The molecule has 23 heavy (non-hydrogen) atoms. The van der Waals surface area contributed by atoms with Gasteiger partial charge in [0.25, 0.3) is 0 Å². The minimum atomic E-state index is -1.04. The fourth-order valence-corrected chi connectivity index (χ4v) is 3.03. The topological polar surface area (TPSA) is 75.4 Å². The van der Waals surface area contributed by atoms with Gasteiger partial charge in [0.2, 0.25) is 5.91 Å². The van der Waals surface area contributed by atoms with Crippen LogP contribution in [-0.2, 0) is 30.7 Å². The molecule has 2 aromatic rings. The molecule has 0 unspecified atom stereocenters. The van der Waals surface area contributed by atoms with E-state index in [0.29, 0.717) is 13.1 Å². The molecule has 0 atom stereocenters. The molecule has 0 spiro atoms. The number of benzene rings is 1. The van der Waals surface area contributed by atoms with Crippen LogP contribution in [0.25, 0.3) is 0 Å². The van der Waals surface area contributed by atoms with E-state index in [4.69, 9.17) is 5.11 Å². The van der Waals surface area contributed by atoms with E-state index in [1.54, 1.807) is 0 Å². The van der Waals surface area contributed by atoms with Crippen molar-refractivity contribution in [3.8, 4) is 0 Å². The largest absolute Gasteiger partial charge is 0.478 e. The van der Waals surface area contributed by atoms with Crippen molar-refractivity contribution in [2.45, 2.75) is 32.9 Å². The van der Waals surface area contributed by atoms with Gasteiger partial charge in [0.05, 0.1) is 11.8 Å². The van der Waals surface area contributed by atoms with Crippen molar-refractivity contribution >= 4 is 11.9 Å². The SMILES string of the molecule is CCc1cccc2c1CCN(C(=O)Cn1cc(C(=O)O)cn1)C2. The summed E-state index contributed by atoms with van der Waals surface area (Å²) in [7, 11) is 0. The molecule has 1 aliphatic heterocycles. The molecule has 0 aliphatic carbocycles. The van der Waals surface area contributed by atoms with E-state index in [1.807, 2.05) is 11.0 Å². The number of hydrogen-bond acceptors (Lipinski definition) is 3. The second-order valence-corrected chi connectivity index (χ2v) is 5.71. The van der Waals surface area contributed by atoms with E-state index in [2.05, 4.69) is 24.2 Å². The van der Waals surface area contributed by atoms with Gasteiger partial charge in [0, 0.05) is 19.3 Å². The van der Waals surface area contributed by atoms with Gasteiger partial charge in [-0.15, -0.1) is 0 Å². The molecule has 120 valence electrons. The number of amides is 1. The Morgan fingerprint density at radius 3 is 2.87 bits per heavy atom. The van der Waals surface area contributed by atoms with E-state index in [0.717, 1.165) is 12.8 Å². The Labute approximate surface area is 134 Å². The van der Waals surface area contributed by atoms with Gasteiger partial charge in [-0.1, -0.05) is 25.1 Å². The van der Waals surface area contributed by atoms with Crippen molar-refractivity contribution in [3.63, 3.8) is 0 Å². The molecule has 2 heterocycles. The third-order valence-corrected chi connectivity index (χ3v) is 4.27. The van der Waals surface area contributed by atoms with Crippen LogP contribution in [0.2, 0.25) is 0 Å². The summed E-state index contributed by atoms with van der Waals surface area (Å²) in [6.45, 7) is 3.51. The molecule has 0 saturated heterocycles. The summed E-state index contributed by atoms with van der Waals surface area (Å²) in [5.41, 5.74) is 4.02. The third kappa shape index (κ3) is 3.11. The van der Waals surface area contributed by atoms with E-state index in [1.165, 1.54) is 33.8 Å². The zero-order chi connectivity index (χ0) is 16.4. The molecule has 1 amide bonds. The minimum absolute atomic E-state index is 0.0439. The van der Waals surface area contributed by atoms with Gasteiger partial charge in [-0.05, 0) is 29.5 Å². The number of carbonyl (C=O) groups excluding carboxylic acids is 1. The fourth-order valence-electron chi connectivity index (χ4n) is 3.03. The van der Waals surface area contributed by atoms with E-state index in [-0.39, 0.29) is 18.0 Å². The van der Waals surface area contributed by atoms with Gasteiger partial charge in [0.15, 0.2) is 0 Å². The first-order valence-electron chi connectivity index (χ1n) is 7.71. The molecular formula is C17H19N3O3. The first kappa shape index (κ1) is 15.3. The summed E-state index contributed by atoms with van der Waals surface area (Å²) in [5.74, 6) is -1.08. The average molecular weight is 313 g/mol. The zero-order valence-corrected chi connectivity index (χ0v) is 13.0. The minimum Gasteiger partial charge on any atom is -0.478 e. The van der Waals surface area contributed by atoms with Crippen molar-refractivity contribution in [2.24, 2.45) is 0 Å². The average Bonchev–Trinajstić information content (AvgIpc) is 3.02. The van der Waals surface area contributed by atoms with Crippen LogP contribution in [0.1, 0.15) is 34.0 Å². The van der Waals surface area contributed by atoms with Crippen molar-refractivity contribution in [1.29, 1.82) is 0 Å². The molecule has 6 nitrogen and oxygen atoms in total. The van der Waals surface area contributed by atoms with Crippen molar-refractivity contribution in [1.82, 2.24) is 14.7 Å². The van der Waals surface area contributed by atoms with Crippen LogP contribution < -0.4 is 0 Å². The van der Waals surface area contributed by atoms with Crippen LogP contribution in [0, 0.1) is 0 Å². The number of rotatable bonds is 4.